The predicted molar refractivity (Wildman–Crippen MR) is 54.1 cm³/mol. The molecule has 0 aliphatic carbocycles. The van der Waals surface area contributed by atoms with Crippen molar-refractivity contribution >= 4 is 21.6 Å². The van der Waals surface area contributed by atoms with Gasteiger partial charge in [-0.2, -0.15) is 0 Å². The van der Waals surface area contributed by atoms with E-state index in [4.69, 9.17) is 0 Å². The maximum atomic E-state index is 11.3. The molecule has 72 valence electrons. The summed E-state index contributed by atoms with van der Waals surface area (Å²) in [7, 11) is -2.75. The van der Waals surface area contributed by atoms with Crippen molar-refractivity contribution in [2.45, 2.75) is 20.8 Å². The molecule has 0 aromatic rings. The van der Waals surface area contributed by atoms with Gasteiger partial charge in [0.05, 0.1) is 10.8 Å². The summed E-state index contributed by atoms with van der Waals surface area (Å²) in [6.07, 6.45) is 0. The molecule has 1 aliphatic heterocycles. The van der Waals surface area contributed by atoms with E-state index >= 15 is 0 Å². The number of hydrogen-bond acceptors (Lipinski definition) is 3. The average molecular weight is 208 g/mol. The van der Waals surface area contributed by atoms with Crippen LogP contribution in [0, 0.1) is 11.3 Å². The van der Waals surface area contributed by atoms with Gasteiger partial charge in [-0.15, -0.1) is 11.8 Å². The Kier molecular flexibility index (Phi) is 2.78. The zero-order chi connectivity index (χ0) is 9.41. The summed E-state index contributed by atoms with van der Waals surface area (Å²) in [5.74, 6) is 1.69. The van der Waals surface area contributed by atoms with E-state index in [2.05, 4.69) is 20.8 Å². The van der Waals surface area contributed by atoms with Crippen LogP contribution in [0.25, 0.3) is 0 Å². The van der Waals surface area contributed by atoms with Crippen molar-refractivity contribution in [2.75, 3.05) is 16.6 Å². The van der Waals surface area contributed by atoms with E-state index in [-0.39, 0.29) is 5.41 Å². The van der Waals surface area contributed by atoms with E-state index in [1.807, 2.05) is 0 Å². The first-order chi connectivity index (χ1) is 5.31. The van der Waals surface area contributed by atoms with Gasteiger partial charge < -0.3 is 0 Å². The van der Waals surface area contributed by atoms with Crippen LogP contribution in [0.4, 0.5) is 0 Å². The van der Waals surface area contributed by atoms with Crippen molar-refractivity contribution in [2.24, 2.45) is 11.3 Å². The molecule has 1 fully saturated rings. The van der Waals surface area contributed by atoms with Gasteiger partial charge in [-0.1, -0.05) is 20.8 Å². The maximum Gasteiger partial charge on any atom is 0.159 e. The van der Waals surface area contributed by atoms with Crippen LogP contribution >= 0.6 is 11.8 Å². The van der Waals surface area contributed by atoms with Crippen LogP contribution in [-0.2, 0) is 9.84 Å². The molecule has 12 heavy (non-hydrogen) atoms. The van der Waals surface area contributed by atoms with Gasteiger partial charge in [-0.3, -0.25) is 0 Å². The van der Waals surface area contributed by atoms with Gasteiger partial charge in [0, 0.05) is 0 Å². The summed E-state index contributed by atoms with van der Waals surface area (Å²) in [5, 5.41) is 0.319. The van der Waals surface area contributed by atoms with E-state index in [0.29, 0.717) is 16.8 Å². The van der Waals surface area contributed by atoms with E-state index < -0.39 is 9.84 Å². The molecule has 0 radical (unpaired) electrons. The summed E-state index contributed by atoms with van der Waals surface area (Å²) in [6, 6.07) is 0. The topological polar surface area (TPSA) is 34.1 Å². The van der Waals surface area contributed by atoms with Crippen molar-refractivity contribution in [3.63, 3.8) is 0 Å². The molecule has 0 aromatic carbocycles. The van der Waals surface area contributed by atoms with Crippen molar-refractivity contribution in [1.29, 1.82) is 0 Å². The minimum Gasteiger partial charge on any atom is -0.228 e. The van der Waals surface area contributed by atoms with E-state index in [0.717, 1.165) is 5.75 Å². The molecule has 2 nitrogen and oxygen atoms in total. The first-order valence-electron chi connectivity index (χ1n) is 4.09. The second-order valence-corrected chi connectivity index (χ2v) is 7.97. The maximum absolute atomic E-state index is 11.3. The highest BCUT2D eigenvalue weighted by atomic mass is 32.3. The van der Waals surface area contributed by atoms with Gasteiger partial charge in [-0.05, 0) is 17.1 Å². The predicted octanol–water partition coefficient (Wildman–Crippen LogP) is 1.77. The van der Waals surface area contributed by atoms with Crippen LogP contribution in [0.2, 0.25) is 0 Å². The molecule has 1 atom stereocenters. The Morgan fingerprint density at radius 3 is 2.25 bits per heavy atom. The van der Waals surface area contributed by atoms with Gasteiger partial charge in [0.25, 0.3) is 0 Å². The van der Waals surface area contributed by atoms with Gasteiger partial charge in [0.2, 0.25) is 0 Å². The Balaban J connectivity index is 2.71. The highest BCUT2D eigenvalue weighted by molar-refractivity contribution is 8.13. The fraction of sp³-hybridized carbons (Fsp3) is 1.00. The molecule has 0 aromatic heterocycles. The second kappa shape index (κ2) is 3.22. The Morgan fingerprint density at radius 1 is 1.33 bits per heavy atom. The molecular formula is C8H16O2S2. The molecule has 0 N–H and O–H groups in total. The zero-order valence-corrected chi connectivity index (χ0v) is 9.46. The minimum atomic E-state index is -2.75. The van der Waals surface area contributed by atoms with Crippen molar-refractivity contribution < 1.29 is 8.42 Å². The highest BCUT2D eigenvalue weighted by Crippen LogP contribution is 2.34. The van der Waals surface area contributed by atoms with E-state index in [9.17, 15) is 8.42 Å². The zero-order valence-electron chi connectivity index (χ0n) is 7.83. The van der Waals surface area contributed by atoms with Crippen LogP contribution in [0.1, 0.15) is 20.8 Å². The van der Waals surface area contributed by atoms with Crippen molar-refractivity contribution in [3.05, 3.63) is 0 Å². The van der Waals surface area contributed by atoms with E-state index in [1.54, 1.807) is 11.8 Å². The van der Waals surface area contributed by atoms with Gasteiger partial charge in [0.15, 0.2) is 9.84 Å². The molecule has 4 heteroatoms. The van der Waals surface area contributed by atoms with Crippen molar-refractivity contribution in [1.82, 2.24) is 0 Å². The van der Waals surface area contributed by atoms with Gasteiger partial charge >= 0.3 is 0 Å². The third-order valence-electron chi connectivity index (χ3n) is 2.26. The molecule has 0 amide bonds. The number of hydrogen-bond donors (Lipinski definition) is 0. The Labute approximate surface area is 79.0 Å². The minimum absolute atomic E-state index is 0.125. The van der Waals surface area contributed by atoms with Crippen LogP contribution in [0.3, 0.4) is 0 Å². The Bertz CT molecular complexity index is 249. The summed E-state index contributed by atoms with van der Waals surface area (Å²) in [4.78, 5) is 0. The lowest BCUT2D eigenvalue weighted by molar-refractivity contribution is 0.289. The molecule has 0 bridgehead atoms. The Morgan fingerprint density at radius 2 is 1.92 bits per heavy atom. The highest BCUT2D eigenvalue weighted by Gasteiger charge is 2.33. The first-order valence-corrected chi connectivity index (χ1v) is 7.07. The van der Waals surface area contributed by atoms with Gasteiger partial charge in [-0.25, -0.2) is 8.42 Å². The fourth-order valence-corrected chi connectivity index (χ4v) is 5.29. The summed E-state index contributed by atoms with van der Waals surface area (Å²) in [5.41, 5.74) is 0.125. The summed E-state index contributed by atoms with van der Waals surface area (Å²) >= 11 is 1.55. The lowest BCUT2D eigenvalue weighted by Crippen LogP contribution is -2.34. The molecule has 1 rings (SSSR count). The van der Waals surface area contributed by atoms with Gasteiger partial charge in [0.1, 0.15) is 0 Å². The fourth-order valence-electron chi connectivity index (χ4n) is 1.22. The number of rotatable bonds is 0. The lowest BCUT2D eigenvalue weighted by Gasteiger charge is -2.32. The first kappa shape index (κ1) is 10.4. The molecule has 1 heterocycles. The average Bonchev–Trinajstić information content (AvgIpc) is 1.83. The number of thioether (sulfide) groups is 1. The largest absolute Gasteiger partial charge is 0.228 e. The normalized spacial score (nSPS) is 30.1. The standard InChI is InChI=1S/C8H16O2S2/c1-8(2,3)7-4-11-6-12(9,10)5-7/h7H,4-6H2,1-3H3. The quantitative estimate of drug-likeness (QED) is 0.608. The van der Waals surface area contributed by atoms with Crippen LogP contribution in [0.5, 0.6) is 0 Å². The third-order valence-corrected chi connectivity index (χ3v) is 5.91. The summed E-state index contributed by atoms with van der Waals surface area (Å²) in [6.45, 7) is 6.33. The molecular weight excluding hydrogens is 192 g/mol. The lowest BCUT2D eigenvalue weighted by atomic mass is 9.83. The Hall–Kier alpha value is 0.300. The molecule has 1 unspecified atom stereocenters. The van der Waals surface area contributed by atoms with E-state index in [1.165, 1.54) is 0 Å². The second-order valence-electron chi connectivity index (χ2n) is 4.46. The number of sulfone groups is 1. The van der Waals surface area contributed by atoms with Crippen LogP contribution < -0.4 is 0 Å². The molecule has 1 saturated heterocycles. The summed E-state index contributed by atoms with van der Waals surface area (Å²) < 4.78 is 22.6. The monoisotopic (exact) mass is 208 g/mol. The molecule has 1 aliphatic rings. The molecule has 0 saturated carbocycles. The van der Waals surface area contributed by atoms with Crippen LogP contribution in [0.15, 0.2) is 0 Å². The SMILES string of the molecule is CC(C)(C)C1CSCS(=O)(=O)C1. The van der Waals surface area contributed by atoms with Crippen molar-refractivity contribution in [3.8, 4) is 0 Å². The van der Waals surface area contributed by atoms with Crippen LogP contribution in [-0.4, -0.2) is 25.0 Å². The smallest absolute Gasteiger partial charge is 0.159 e. The molecule has 0 spiro atoms. The third kappa shape index (κ3) is 2.66.